The maximum Gasteiger partial charge on any atom is 0.338 e. The normalized spacial score (nSPS) is 10.3. The van der Waals surface area contributed by atoms with E-state index in [0.717, 1.165) is 13.0 Å². The molecule has 0 N–H and O–H groups in total. The van der Waals surface area contributed by atoms with Crippen LogP contribution in [0.1, 0.15) is 43.0 Å². The summed E-state index contributed by atoms with van der Waals surface area (Å²) in [5, 5.41) is 0. The van der Waals surface area contributed by atoms with Crippen LogP contribution in [0.5, 0.6) is 0 Å². The molecule has 0 radical (unpaired) electrons. The summed E-state index contributed by atoms with van der Waals surface area (Å²) < 4.78 is 10.5. The van der Waals surface area contributed by atoms with Gasteiger partial charge in [0, 0.05) is 6.61 Å². The number of hydrogen-bond donors (Lipinski definition) is 0. The summed E-state index contributed by atoms with van der Waals surface area (Å²) in [6, 6.07) is 9.00. The van der Waals surface area contributed by atoms with Crippen molar-refractivity contribution in [1.29, 1.82) is 0 Å². The Hall–Kier alpha value is -1.35. The van der Waals surface area contributed by atoms with E-state index in [2.05, 4.69) is 6.92 Å². The highest BCUT2D eigenvalue weighted by molar-refractivity contribution is 5.89. The molecule has 3 heteroatoms. The van der Waals surface area contributed by atoms with Gasteiger partial charge >= 0.3 is 5.97 Å². The first kappa shape index (κ1) is 14.7. The molecule has 100 valence electrons. The summed E-state index contributed by atoms with van der Waals surface area (Å²) >= 11 is 0. The number of benzene rings is 1. The smallest absolute Gasteiger partial charge is 0.338 e. The van der Waals surface area contributed by atoms with Gasteiger partial charge in [-0.25, -0.2) is 4.79 Å². The molecular weight excluding hydrogens is 228 g/mol. The van der Waals surface area contributed by atoms with Gasteiger partial charge in [-0.2, -0.15) is 0 Å². The van der Waals surface area contributed by atoms with Gasteiger partial charge in [-0.3, -0.25) is 0 Å². The average molecular weight is 250 g/mol. The van der Waals surface area contributed by atoms with Gasteiger partial charge in [0.2, 0.25) is 0 Å². The van der Waals surface area contributed by atoms with Crippen molar-refractivity contribution < 1.29 is 14.3 Å². The minimum atomic E-state index is -0.287. The van der Waals surface area contributed by atoms with Crippen LogP contribution in [0, 0.1) is 0 Å². The second-order valence-corrected chi connectivity index (χ2v) is 4.17. The number of esters is 1. The Bertz CT molecular complexity index is 322. The van der Waals surface area contributed by atoms with Crippen LogP contribution in [0.2, 0.25) is 0 Å². The molecule has 0 fully saturated rings. The third-order valence-corrected chi connectivity index (χ3v) is 2.61. The summed E-state index contributed by atoms with van der Waals surface area (Å²) in [5.74, 6) is -0.287. The molecule has 0 heterocycles. The highest BCUT2D eigenvalue weighted by Gasteiger charge is 2.04. The fraction of sp³-hybridized carbons (Fsp3) is 0.533. The van der Waals surface area contributed by atoms with Crippen molar-refractivity contribution in [1.82, 2.24) is 0 Å². The Morgan fingerprint density at radius 1 is 1.00 bits per heavy atom. The third-order valence-electron chi connectivity index (χ3n) is 2.61. The van der Waals surface area contributed by atoms with Gasteiger partial charge in [-0.1, -0.05) is 44.4 Å². The number of carbonyl (C=O) groups is 1. The third kappa shape index (κ3) is 6.40. The molecule has 0 bridgehead atoms. The van der Waals surface area contributed by atoms with Crippen molar-refractivity contribution in [3.05, 3.63) is 35.9 Å². The van der Waals surface area contributed by atoms with Crippen LogP contribution in [-0.4, -0.2) is 25.8 Å². The van der Waals surface area contributed by atoms with E-state index in [9.17, 15) is 4.79 Å². The van der Waals surface area contributed by atoms with E-state index in [1.807, 2.05) is 18.2 Å². The lowest BCUT2D eigenvalue weighted by Crippen LogP contribution is -2.11. The number of unbranched alkanes of at least 4 members (excludes halogenated alkanes) is 3. The number of hydrogen-bond acceptors (Lipinski definition) is 3. The summed E-state index contributed by atoms with van der Waals surface area (Å²) in [6.07, 6.45) is 4.78. The molecule has 1 aromatic carbocycles. The van der Waals surface area contributed by atoms with Crippen LogP contribution in [0.4, 0.5) is 0 Å². The maximum absolute atomic E-state index is 11.5. The van der Waals surface area contributed by atoms with E-state index in [1.54, 1.807) is 12.1 Å². The van der Waals surface area contributed by atoms with Crippen LogP contribution in [0.15, 0.2) is 30.3 Å². The standard InChI is InChI=1S/C15H22O3/c1-2-3-4-8-11-17-12-13-18-15(16)14-9-6-5-7-10-14/h5-7,9-10H,2-4,8,11-13H2,1H3. The van der Waals surface area contributed by atoms with E-state index in [4.69, 9.17) is 9.47 Å². The summed E-state index contributed by atoms with van der Waals surface area (Å²) in [5.41, 5.74) is 0.584. The zero-order valence-corrected chi connectivity index (χ0v) is 11.1. The lowest BCUT2D eigenvalue weighted by atomic mass is 10.2. The predicted octanol–water partition coefficient (Wildman–Crippen LogP) is 3.44. The van der Waals surface area contributed by atoms with Gasteiger partial charge in [0.1, 0.15) is 6.61 Å². The maximum atomic E-state index is 11.5. The molecule has 1 aromatic rings. The highest BCUT2D eigenvalue weighted by atomic mass is 16.6. The molecule has 3 nitrogen and oxygen atoms in total. The Kier molecular flexibility index (Phi) is 7.89. The van der Waals surface area contributed by atoms with Gasteiger partial charge < -0.3 is 9.47 Å². The highest BCUT2D eigenvalue weighted by Crippen LogP contribution is 2.01. The Morgan fingerprint density at radius 2 is 1.78 bits per heavy atom. The quantitative estimate of drug-likeness (QED) is 0.497. The molecule has 0 spiro atoms. The van der Waals surface area contributed by atoms with Crippen LogP contribution < -0.4 is 0 Å². The molecule has 18 heavy (non-hydrogen) atoms. The van der Waals surface area contributed by atoms with E-state index >= 15 is 0 Å². The van der Waals surface area contributed by atoms with Gasteiger partial charge in [-0.15, -0.1) is 0 Å². The minimum Gasteiger partial charge on any atom is -0.460 e. The summed E-state index contributed by atoms with van der Waals surface area (Å²) in [6.45, 7) is 3.74. The van der Waals surface area contributed by atoms with Crippen LogP contribution in [0.25, 0.3) is 0 Å². The van der Waals surface area contributed by atoms with Crippen molar-refractivity contribution in [3.63, 3.8) is 0 Å². The van der Waals surface area contributed by atoms with Crippen molar-refractivity contribution in [2.24, 2.45) is 0 Å². The molecule has 0 aromatic heterocycles. The molecule has 0 unspecified atom stereocenters. The van der Waals surface area contributed by atoms with Crippen molar-refractivity contribution >= 4 is 5.97 Å². The number of carbonyl (C=O) groups excluding carboxylic acids is 1. The average Bonchev–Trinajstić information content (AvgIpc) is 2.42. The van der Waals surface area contributed by atoms with Crippen molar-refractivity contribution in [2.75, 3.05) is 19.8 Å². The summed E-state index contributed by atoms with van der Waals surface area (Å²) in [4.78, 5) is 11.5. The second-order valence-electron chi connectivity index (χ2n) is 4.17. The van der Waals surface area contributed by atoms with E-state index in [0.29, 0.717) is 18.8 Å². The van der Waals surface area contributed by atoms with Crippen molar-refractivity contribution in [3.8, 4) is 0 Å². The first-order chi connectivity index (χ1) is 8.84. The fourth-order valence-electron chi connectivity index (χ4n) is 1.58. The number of ether oxygens (including phenoxy) is 2. The van der Waals surface area contributed by atoms with Crippen LogP contribution in [-0.2, 0) is 9.47 Å². The number of rotatable bonds is 9. The molecule has 0 aliphatic rings. The lowest BCUT2D eigenvalue weighted by molar-refractivity contribution is 0.0312. The molecule has 0 aliphatic carbocycles. The van der Waals surface area contributed by atoms with Gasteiger partial charge in [-0.05, 0) is 18.6 Å². The lowest BCUT2D eigenvalue weighted by Gasteiger charge is -2.06. The van der Waals surface area contributed by atoms with E-state index in [1.165, 1.54) is 19.3 Å². The monoisotopic (exact) mass is 250 g/mol. The topological polar surface area (TPSA) is 35.5 Å². The SMILES string of the molecule is CCCCCCOCCOC(=O)c1ccccc1. The molecule has 0 saturated carbocycles. The Labute approximate surface area is 109 Å². The van der Waals surface area contributed by atoms with Gasteiger partial charge in [0.05, 0.1) is 12.2 Å². The zero-order chi connectivity index (χ0) is 13.1. The van der Waals surface area contributed by atoms with Gasteiger partial charge in [0.15, 0.2) is 0 Å². The Morgan fingerprint density at radius 3 is 2.50 bits per heavy atom. The Balaban J connectivity index is 2.00. The predicted molar refractivity (Wildman–Crippen MR) is 71.7 cm³/mol. The fourth-order valence-corrected chi connectivity index (χ4v) is 1.58. The molecular formula is C15H22O3. The summed E-state index contributed by atoms with van der Waals surface area (Å²) in [7, 11) is 0. The van der Waals surface area contributed by atoms with E-state index < -0.39 is 0 Å². The molecule has 0 amide bonds. The van der Waals surface area contributed by atoms with Crippen molar-refractivity contribution in [2.45, 2.75) is 32.6 Å². The first-order valence-corrected chi connectivity index (χ1v) is 6.64. The minimum absolute atomic E-state index is 0.287. The zero-order valence-electron chi connectivity index (χ0n) is 11.1. The van der Waals surface area contributed by atoms with Crippen LogP contribution >= 0.6 is 0 Å². The molecule has 0 atom stereocenters. The largest absolute Gasteiger partial charge is 0.460 e. The van der Waals surface area contributed by atoms with Crippen LogP contribution in [0.3, 0.4) is 0 Å². The van der Waals surface area contributed by atoms with Gasteiger partial charge in [0.25, 0.3) is 0 Å². The second kappa shape index (κ2) is 9.66. The molecule has 0 saturated heterocycles. The molecule has 1 rings (SSSR count). The molecule has 0 aliphatic heterocycles. The first-order valence-electron chi connectivity index (χ1n) is 6.64. The van der Waals surface area contributed by atoms with E-state index in [-0.39, 0.29) is 5.97 Å².